The summed E-state index contributed by atoms with van der Waals surface area (Å²) >= 11 is 0. The molecule has 0 radical (unpaired) electrons. The summed E-state index contributed by atoms with van der Waals surface area (Å²) in [6.07, 6.45) is 2.72. The van der Waals surface area contributed by atoms with E-state index in [1.165, 1.54) is 30.2 Å². The number of methoxy groups -OCH3 is 1. The lowest BCUT2D eigenvalue weighted by Crippen LogP contribution is -2.49. The van der Waals surface area contributed by atoms with Crippen LogP contribution in [0.3, 0.4) is 0 Å². The summed E-state index contributed by atoms with van der Waals surface area (Å²) in [5.74, 6) is 0. The Morgan fingerprint density at radius 3 is 2.61 bits per heavy atom. The summed E-state index contributed by atoms with van der Waals surface area (Å²) < 4.78 is 4.83. The number of aryl methyl sites for hydroxylation is 2. The fraction of sp³-hybridized carbons (Fsp3) is 0.611. The number of carbonyl (C=O) groups is 1. The zero-order valence-electron chi connectivity index (χ0n) is 14.3. The molecule has 0 aromatic heterocycles. The number of benzene rings is 1. The summed E-state index contributed by atoms with van der Waals surface area (Å²) in [6.45, 7) is 5.27. The van der Waals surface area contributed by atoms with Crippen LogP contribution in [0.25, 0.3) is 0 Å². The number of aliphatic hydroxyl groups is 1. The maximum absolute atomic E-state index is 11.9. The zero-order chi connectivity index (χ0) is 16.9. The van der Waals surface area contributed by atoms with Crippen molar-refractivity contribution in [3.05, 3.63) is 34.9 Å². The molecule has 1 aliphatic rings. The van der Waals surface area contributed by atoms with E-state index < -0.39 is 6.10 Å². The number of carbonyl (C=O) groups excluding carboxylic acids is 1. The summed E-state index contributed by atoms with van der Waals surface area (Å²) in [7, 11) is 1.52. The van der Waals surface area contributed by atoms with Crippen molar-refractivity contribution < 1.29 is 14.6 Å². The SMILES string of the molecule is COC[C@@H](O)CNC(=O)NCC1(c2ccc(C)c(C)c2)CCC1. The number of ether oxygens (including phenoxy) is 1. The normalized spacial score (nSPS) is 17.2. The van der Waals surface area contributed by atoms with Crippen LogP contribution in [0.1, 0.15) is 36.0 Å². The lowest BCUT2D eigenvalue weighted by molar-refractivity contribution is 0.0659. The Morgan fingerprint density at radius 2 is 2.04 bits per heavy atom. The van der Waals surface area contributed by atoms with Crippen LogP contribution in [0, 0.1) is 13.8 Å². The smallest absolute Gasteiger partial charge is 0.314 e. The monoisotopic (exact) mass is 320 g/mol. The number of rotatable bonds is 7. The highest BCUT2D eigenvalue weighted by molar-refractivity contribution is 5.74. The first kappa shape index (κ1) is 17.8. The van der Waals surface area contributed by atoms with Crippen molar-refractivity contribution in [2.24, 2.45) is 0 Å². The molecular weight excluding hydrogens is 292 g/mol. The van der Waals surface area contributed by atoms with Crippen LogP contribution in [-0.4, -0.2) is 44.0 Å². The third-order valence-electron chi connectivity index (χ3n) is 4.87. The fourth-order valence-corrected chi connectivity index (χ4v) is 3.02. The van der Waals surface area contributed by atoms with Gasteiger partial charge in [-0.1, -0.05) is 24.6 Å². The Morgan fingerprint density at radius 1 is 1.30 bits per heavy atom. The number of hydrogen-bond acceptors (Lipinski definition) is 3. The van der Waals surface area contributed by atoms with Gasteiger partial charge in [-0.2, -0.15) is 0 Å². The average Bonchev–Trinajstić information content (AvgIpc) is 2.48. The van der Waals surface area contributed by atoms with Gasteiger partial charge in [0.1, 0.15) is 0 Å². The highest BCUT2D eigenvalue weighted by atomic mass is 16.5. The van der Waals surface area contributed by atoms with Gasteiger partial charge in [-0.3, -0.25) is 0 Å². The van der Waals surface area contributed by atoms with Gasteiger partial charge < -0.3 is 20.5 Å². The van der Waals surface area contributed by atoms with Crippen molar-refractivity contribution in [3.63, 3.8) is 0 Å². The van der Waals surface area contributed by atoms with Gasteiger partial charge in [0.2, 0.25) is 0 Å². The molecule has 1 atom stereocenters. The molecule has 2 amide bonds. The van der Waals surface area contributed by atoms with E-state index in [-0.39, 0.29) is 24.6 Å². The molecule has 2 rings (SSSR count). The third-order valence-corrected chi connectivity index (χ3v) is 4.87. The number of amides is 2. The van der Waals surface area contributed by atoms with E-state index in [1.807, 2.05) is 0 Å². The quantitative estimate of drug-likeness (QED) is 0.720. The van der Waals surface area contributed by atoms with Crippen LogP contribution in [0.2, 0.25) is 0 Å². The van der Waals surface area contributed by atoms with Gasteiger partial charge >= 0.3 is 6.03 Å². The molecule has 0 heterocycles. The van der Waals surface area contributed by atoms with Crippen molar-refractivity contribution in [2.45, 2.75) is 44.6 Å². The average molecular weight is 320 g/mol. The fourth-order valence-electron chi connectivity index (χ4n) is 3.02. The molecule has 0 spiro atoms. The first-order chi connectivity index (χ1) is 11.0. The molecule has 1 fully saturated rings. The van der Waals surface area contributed by atoms with Crippen LogP contribution in [-0.2, 0) is 10.2 Å². The Kier molecular flexibility index (Phi) is 6.02. The zero-order valence-corrected chi connectivity index (χ0v) is 14.3. The maximum Gasteiger partial charge on any atom is 0.314 e. The number of aliphatic hydroxyl groups excluding tert-OH is 1. The lowest BCUT2D eigenvalue weighted by atomic mass is 9.64. The van der Waals surface area contributed by atoms with E-state index in [2.05, 4.69) is 42.7 Å². The molecule has 0 bridgehead atoms. The van der Waals surface area contributed by atoms with Crippen molar-refractivity contribution >= 4 is 6.03 Å². The van der Waals surface area contributed by atoms with E-state index >= 15 is 0 Å². The molecule has 0 unspecified atom stereocenters. The molecule has 1 aliphatic carbocycles. The second kappa shape index (κ2) is 7.79. The van der Waals surface area contributed by atoms with Gasteiger partial charge in [0.25, 0.3) is 0 Å². The predicted octanol–water partition coefficient (Wildman–Crippen LogP) is 2.03. The second-order valence-electron chi connectivity index (χ2n) is 6.61. The number of urea groups is 1. The molecule has 5 heteroatoms. The highest BCUT2D eigenvalue weighted by Crippen LogP contribution is 2.43. The minimum Gasteiger partial charge on any atom is -0.389 e. The number of hydrogen-bond donors (Lipinski definition) is 3. The number of nitrogens with one attached hydrogen (secondary N) is 2. The third kappa shape index (κ3) is 4.45. The Balaban J connectivity index is 1.89. The van der Waals surface area contributed by atoms with Crippen molar-refractivity contribution in [2.75, 3.05) is 26.8 Å². The minimum atomic E-state index is -0.678. The van der Waals surface area contributed by atoms with Crippen LogP contribution < -0.4 is 10.6 Å². The van der Waals surface area contributed by atoms with Gasteiger partial charge in [-0.05, 0) is 43.4 Å². The van der Waals surface area contributed by atoms with Crippen molar-refractivity contribution in [1.29, 1.82) is 0 Å². The van der Waals surface area contributed by atoms with Gasteiger partial charge in [0.15, 0.2) is 0 Å². The molecule has 1 saturated carbocycles. The molecule has 0 saturated heterocycles. The molecule has 0 aliphatic heterocycles. The van der Waals surface area contributed by atoms with Gasteiger partial charge in [0, 0.05) is 25.6 Å². The second-order valence-corrected chi connectivity index (χ2v) is 6.61. The standard InChI is InChI=1S/C18H28N2O3/c1-13-5-6-15(9-14(13)2)18(7-4-8-18)12-20-17(22)19-10-16(21)11-23-3/h5-6,9,16,21H,4,7-8,10-12H2,1-3H3,(H2,19,20,22)/t16-/m0/s1. The summed E-state index contributed by atoms with van der Waals surface area (Å²) in [5.41, 5.74) is 3.95. The van der Waals surface area contributed by atoms with E-state index in [4.69, 9.17) is 4.74 Å². The molecular formula is C18H28N2O3. The molecule has 128 valence electrons. The Labute approximate surface area is 138 Å². The minimum absolute atomic E-state index is 0.0565. The van der Waals surface area contributed by atoms with Gasteiger partial charge in [-0.15, -0.1) is 0 Å². The van der Waals surface area contributed by atoms with E-state index in [1.54, 1.807) is 0 Å². The molecule has 1 aromatic carbocycles. The topological polar surface area (TPSA) is 70.6 Å². The van der Waals surface area contributed by atoms with Crippen LogP contribution in [0.4, 0.5) is 4.79 Å². The Hall–Kier alpha value is -1.59. The van der Waals surface area contributed by atoms with E-state index in [0.29, 0.717) is 6.54 Å². The predicted molar refractivity (Wildman–Crippen MR) is 90.7 cm³/mol. The van der Waals surface area contributed by atoms with Crippen molar-refractivity contribution in [3.8, 4) is 0 Å². The van der Waals surface area contributed by atoms with Gasteiger partial charge in [-0.25, -0.2) is 4.79 Å². The van der Waals surface area contributed by atoms with Crippen LogP contribution in [0.5, 0.6) is 0 Å². The van der Waals surface area contributed by atoms with Crippen LogP contribution in [0.15, 0.2) is 18.2 Å². The maximum atomic E-state index is 11.9. The summed E-state index contributed by atoms with van der Waals surface area (Å²) in [4.78, 5) is 11.9. The molecule has 3 N–H and O–H groups in total. The van der Waals surface area contributed by atoms with E-state index in [0.717, 1.165) is 12.8 Å². The molecule has 23 heavy (non-hydrogen) atoms. The summed E-state index contributed by atoms with van der Waals surface area (Å²) in [5, 5.41) is 15.2. The summed E-state index contributed by atoms with van der Waals surface area (Å²) in [6, 6.07) is 6.35. The molecule has 5 nitrogen and oxygen atoms in total. The van der Waals surface area contributed by atoms with Crippen LogP contribution >= 0.6 is 0 Å². The first-order valence-corrected chi connectivity index (χ1v) is 8.23. The lowest BCUT2D eigenvalue weighted by Gasteiger charge is -2.43. The highest BCUT2D eigenvalue weighted by Gasteiger charge is 2.38. The molecule has 1 aromatic rings. The first-order valence-electron chi connectivity index (χ1n) is 8.23. The Bertz CT molecular complexity index is 541. The van der Waals surface area contributed by atoms with Crippen molar-refractivity contribution in [1.82, 2.24) is 10.6 Å². The van der Waals surface area contributed by atoms with E-state index in [9.17, 15) is 9.90 Å². The largest absolute Gasteiger partial charge is 0.389 e. The van der Waals surface area contributed by atoms with Gasteiger partial charge in [0.05, 0.1) is 12.7 Å².